The Morgan fingerprint density at radius 3 is 2.67 bits per heavy atom. The summed E-state index contributed by atoms with van der Waals surface area (Å²) in [4.78, 5) is 4.11. The predicted molar refractivity (Wildman–Crippen MR) is 85.1 cm³/mol. The van der Waals surface area contributed by atoms with Crippen LogP contribution in [-0.4, -0.2) is 20.7 Å². The third-order valence-corrected chi connectivity index (χ3v) is 3.82. The number of benzene rings is 1. The van der Waals surface area contributed by atoms with Gasteiger partial charge in [-0.1, -0.05) is 32.9 Å². The lowest BCUT2D eigenvalue weighted by molar-refractivity contribution is 0.225. The van der Waals surface area contributed by atoms with Gasteiger partial charge >= 0.3 is 0 Å². The lowest BCUT2D eigenvalue weighted by atomic mass is 9.85. The van der Waals surface area contributed by atoms with Gasteiger partial charge in [0.15, 0.2) is 0 Å². The average Bonchev–Trinajstić information content (AvgIpc) is 2.89. The first kappa shape index (κ1) is 15.6. The zero-order valence-corrected chi connectivity index (χ0v) is 13.2. The largest absolute Gasteiger partial charge is 0.508 e. The third kappa shape index (κ3) is 4.33. The van der Waals surface area contributed by atoms with E-state index < -0.39 is 0 Å². The minimum Gasteiger partial charge on any atom is -0.508 e. The van der Waals surface area contributed by atoms with Gasteiger partial charge in [-0.15, -0.1) is 0 Å². The van der Waals surface area contributed by atoms with Crippen LogP contribution < -0.4 is 5.32 Å². The molecule has 2 N–H and O–H groups in total. The molecule has 0 spiro atoms. The van der Waals surface area contributed by atoms with Crippen LogP contribution in [0.1, 0.15) is 39.3 Å². The van der Waals surface area contributed by atoms with Crippen molar-refractivity contribution in [2.75, 3.05) is 0 Å². The van der Waals surface area contributed by atoms with Crippen LogP contribution >= 0.6 is 0 Å². The van der Waals surface area contributed by atoms with Gasteiger partial charge in [0.2, 0.25) is 0 Å². The van der Waals surface area contributed by atoms with Crippen molar-refractivity contribution in [1.29, 1.82) is 0 Å². The van der Waals surface area contributed by atoms with Gasteiger partial charge in [-0.05, 0) is 30.0 Å². The van der Waals surface area contributed by atoms with Crippen LogP contribution in [0.4, 0.5) is 0 Å². The second-order valence-corrected chi connectivity index (χ2v) is 6.66. The summed E-state index contributed by atoms with van der Waals surface area (Å²) in [5.74, 6) is 0.308. The molecule has 0 aliphatic rings. The maximum atomic E-state index is 9.62. The topological polar surface area (TPSA) is 50.1 Å². The van der Waals surface area contributed by atoms with E-state index >= 15 is 0 Å². The van der Waals surface area contributed by atoms with Gasteiger partial charge in [0.1, 0.15) is 5.75 Å². The lowest BCUT2D eigenvalue weighted by Crippen LogP contribution is -2.44. The minimum atomic E-state index is 0.120. The first-order chi connectivity index (χ1) is 9.86. The van der Waals surface area contributed by atoms with Crippen LogP contribution in [0.5, 0.6) is 5.75 Å². The summed E-state index contributed by atoms with van der Waals surface area (Å²) < 4.78 is 2.10. The molecule has 0 aliphatic heterocycles. The SMILES string of the molecule is CC(NC(Cn1ccnc1)C(C)(C)C)c1cccc(O)c1. The Labute approximate surface area is 126 Å². The normalized spacial score (nSPS) is 14.9. The monoisotopic (exact) mass is 287 g/mol. The maximum Gasteiger partial charge on any atom is 0.115 e. The lowest BCUT2D eigenvalue weighted by Gasteiger charge is -2.34. The van der Waals surface area contributed by atoms with E-state index in [1.807, 2.05) is 30.7 Å². The highest BCUT2D eigenvalue weighted by molar-refractivity contribution is 5.29. The van der Waals surface area contributed by atoms with Crippen LogP contribution in [0, 0.1) is 5.41 Å². The molecule has 0 radical (unpaired) electrons. The Kier molecular flexibility index (Phi) is 4.68. The molecular weight excluding hydrogens is 262 g/mol. The summed E-state index contributed by atoms with van der Waals surface area (Å²) in [7, 11) is 0. The molecule has 0 aliphatic carbocycles. The van der Waals surface area contributed by atoms with Crippen molar-refractivity contribution in [1.82, 2.24) is 14.9 Å². The van der Waals surface area contributed by atoms with E-state index in [0.717, 1.165) is 12.1 Å². The molecule has 1 aromatic carbocycles. The Hall–Kier alpha value is -1.81. The van der Waals surface area contributed by atoms with Gasteiger partial charge in [-0.2, -0.15) is 0 Å². The van der Waals surface area contributed by atoms with Crippen molar-refractivity contribution >= 4 is 0 Å². The summed E-state index contributed by atoms with van der Waals surface area (Å²) in [6.07, 6.45) is 5.64. The first-order valence-electron chi connectivity index (χ1n) is 7.37. The van der Waals surface area contributed by atoms with Crippen LogP contribution in [0.2, 0.25) is 0 Å². The van der Waals surface area contributed by atoms with Gasteiger partial charge in [-0.3, -0.25) is 0 Å². The van der Waals surface area contributed by atoms with Gasteiger partial charge in [0.05, 0.1) is 6.33 Å². The summed E-state index contributed by atoms with van der Waals surface area (Å²) in [6, 6.07) is 7.89. The van der Waals surface area contributed by atoms with Gasteiger partial charge in [0.25, 0.3) is 0 Å². The number of imidazole rings is 1. The number of aromatic hydroxyl groups is 1. The molecule has 2 rings (SSSR count). The molecule has 0 saturated carbocycles. The van der Waals surface area contributed by atoms with E-state index in [-0.39, 0.29) is 11.5 Å². The number of rotatable bonds is 5. The summed E-state index contributed by atoms with van der Waals surface area (Å²) in [6.45, 7) is 9.69. The molecule has 0 bridgehead atoms. The highest BCUT2D eigenvalue weighted by Crippen LogP contribution is 2.25. The van der Waals surface area contributed by atoms with Crippen LogP contribution in [0.25, 0.3) is 0 Å². The summed E-state index contributed by atoms with van der Waals surface area (Å²) in [5.41, 5.74) is 1.21. The molecule has 1 aromatic heterocycles. The Morgan fingerprint density at radius 1 is 1.33 bits per heavy atom. The van der Waals surface area contributed by atoms with E-state index in [1.165, 1.54) is 0 Å². The molecule has 0 fully saturated rings. The van der Waals surface area contributed by atoms with Crippen molar-refractivity contribution in [2.45, 2.75) is 46.3 Å². The first-order valence-corrected chi connectivity index (χ1v) is 7.37. The van der Waals surface area contributed by atoms with Gasteiger partial charge < -0.3 is 15.0 Å². The molecule has 0 amide bonds. The molecule has 4 heteroatoms. The minimum absolute atomic E-state index is 0.120. The number of aromatic nitrogens is 2. The average molecular weight is 287 g/mol. The Bertz CT molecular complexity index is 558. The number of nitrogens with zero attached hydrogens (tertiary/aromatic N) is 2. The summed E-state index contributed by atoms with van der Waals surface area (Å²) in [5, 5.41) is 13.3. The number of hydrogen-bond acceptors (Lipinski definition) is 3. The second kappa shape index (κ2) is 6.31. The zero-order valence-electron chi connectivity index (χ0n) is 13.2. The van der Waals surface area contributed by atoms with E-state index in [2.05, 4.69) is 42.6 Å². The van der Waals surface area contributed by atoms with E-state index in [1.54, 1.807) is 12.3 Å². The van der Waals surface area contributed by atoms with Crippen molar-refractivity contribution in [2.24, 2.45) is 5.41 Å². The highest BCUT2D eigenvalue weighted by Gasteiger charge is 2.26. The van der Waals surface area contributed by atoms with Crippen molar-refractivity contribution in [3.05, 3.63) is 48.5 Å². The van der Waals surface area contributed by atoms with E-state index in [9.17, 15) is 5.11 Å². The summed E-state index contributed by atoms with van der Waals surface area (Å²) >= 11 is 0. The fourth-order valence-corrected chi connectivity index (χ4v) is 2.37. The van der Waals surface area contributed by atoms with E-state index in [4.69, 9.17) is 0 Å². The highest BCUT2D eigenvalue weighted by atomic mass is 16.3. The quantitative estimate of drug-likeness (QED) is 0.886. The molecule has 2 aromatic rings. The Balaban J connectivity index is 2.11. The second-order valence-electron chi connectivity index (χ2n) is 6.66. The molecule has 2 atom stereocenters. The third-order valence-electron chi connectivity index (χ3n) is 3.82. The Morgan fingerprint density at radius 2 is 2.10 bits per heavy atom. The number of hydrogen-bond donors (Lipinski definition) is 2. The standard InChI is InChI=1S/C17H25N3O/c1-13(14-6-5-7-15(21)10-14)19-16(17(2,3)4)11-20-9-8-18-12-20/h5-10,12-13,16,19,21H,11H2,1-4H3. The van der Waals surface area contributed by atoms with Crippen molar-refractivity contribution in [3.63, 3.8) is 0 Å². The molecule has 4 nitrogen and oxygen atoms in total. The van der Waals surface area contributed by atoms with Gasteiger partial charge in [-0.25, -0.2) is 4.98 Å². The van der Waals surface area contributed by atoms with E-state index in [0.29, 0.717) is 11.8 Å². The molecular formula is C17H25N3O. The fourth-order valence-electron chi connectivity index (χ4n) is 2.37. The molecule has 1 heterocycles. The van der Waals surface area contributed by atoms with Crippen LogP contribution in [0.3, 0.4) is 0 Å². The number of phenolic OH excluding ortho intramolecular Hbond substituents is 1. The number of phenols is 1. The molecule has 21 heavy (non-hydrogen) atoms. The maximum absolute atomic E-state index is 9.62. The van der Waals surface area contributed by atoms with Gasteiger partial charge in [0, 0.05) is 31.0 Å². The predicted octanol–water partition coefficient (Wildman–Crippen LogP) is 3.35. The zero-order chi connectivity index (χ0) is 15.5. The smallest absolute Gasteiger partial charge is 0.115 e. The van der Waals surface area contributed by atoms with Crippen molar-refractivity contribution < 1.29 is 5.11 Å². The van der Waals surface area contributed by atoms with Crippen LogP contribution in [-0.2, 0) is 6.54 Å². The molecule has 2 unspecified atom stereocenters. The molecule has 0 saturated heterocycles. The van der Waals surface area contributed by atoms with Crippen molar-refractivity contribution in [3.8, 4) is 5.75 Å². The number of nitrogens with one attached hydrogen (secondary N) is 1. The van der Waals surface area contributed by atoms with Crippen LogP contribution in [0.15, 0.2) is 43.0 Å². The molecule has 114 valence electrons. The fraction of sp³-hybridized carbons (Fsp3) is 0.471.